The van der Waals surface area contributed by atoms with Crippen molar-refractivity contribution in [2.75, 3.05) is 0 Å². The molecule has 0 aliphatic rings. The van der Waals surface area contributed by atoms with Crippen molar-refractivity contribution in [3.63, 3.8) is 0 Å². The largest absolute Gasteiger partial charge is 0.371 e. The zero-order chi connectivity index (χ0) is 10.4. The monoisotopic (exact) mass is 192 g/mol. The van der Waals surface area contributed by atoms with Crippen LogP contribution in [0.25, 0.3) is 0 Å². The summed E-state index contributed by atoms with van der Waals surface area (Å²) in [6.07, 6.45) is 2.28. The Labute approximate surface area is 87.1 Å². The van der Waals surface area contributed by atoms with Crippen LogP contribution in [-0.4, -0.2) is 5.60 Å². The molecule has 1 heteroatoms. The van der Waals surface area contributed by atoms with Gasteiger partial charge in [0.25, 0.3) is 0 Å². The molecule has 0 heterocycles. The molecule has 0 saturated carbocycles. The molecule has 0 spiro atoms. The van der Waals surface area contributed by atoms with E-state index in [0.717, 1.165) is 6.42 Å². The van der Waals surface area contributed by atoms with Gasteiger partial charge in [0.1, 0.15) is 0 Å². The Hall–Kier alpha value is -0.820. The molecule has 1 rings (SSSR count). The Balaban J connectivity index is 2.40. The maximum atomic E-state index is 5.86. The predicted octanol–water partition coefficient (Wildman–Crippen LogP) is 3.78. The van der Waals surface area contributed by atoms with E-state index in [4.69, 9.17) is 4.74 Å². The lowest BCUT2D eigenvalue weighted by Gasteiger charge is -2.24. The van der Waals surface area contributed by atoms with E-state index in [1.165, 1.54) is 12.0 Å². The molecular formula is C13H20O. The minimum atomic E-state index is 0.00455. The van der Waals surface area contributed by atoms with Gasteiger partial charge >= 0.3 is 0 Å². The molecule has 1 aromatic rings. The van der Waals surface area contributed by atoms with E-state index in [1.807, 2.05) is 18.2 Å². The first-order valence-electron chi connectivity index (χ1n) is 5.32. The van der Waals surface area contributed by atoms with Gasteiger partial charge in [0.2, 0.25) is 0 Å². The summed E-state index contributed by atoms with van der Waals surface area (Å²) in [6, 6.07) is 10.3. The molecule has 0 unspecified atom stereocenters. The number of rotatable bonds is 5. The summed E-state index contributed by atoms with van der Waals surface area (Å²) in [5.74, 6) is 0. The Morgan fingerprint density at radius 3 is 2.36 bits per heavy atom. The summed E-state index contributed by atoms with van der Waals surface area (Å²) in [5.41, 5.74) is 1.25. The summed E-state index contributed by atoms with van der Waals surface area (Å²) in [4.78, 5) is 0. The molecular weight excluding hydrogens is 172 g/mol. The van der Waals surface area contributed by atoms with Crippen molar-refractivity contribution >= 4 is 0 Å². The molecule has 1 aromatic carbocycles. The zero-order valence-corrected chi connectivity index (χ0v) is 9.42. The number of hydrogen-bond donors (Lipinski definition) is 0. The lowest BCUT2D eigenvalue weighted by Crippen LogP contribution is -2.23. The summed E-state index contributed by atoms with van der Waals surface area (Å²) < 4.78 is 5.86. The van der Waals surface area contributed by atoms with Gasteiger partial charge in [0.05, 0.1) is 12.2 Å². The summed E-state index contributed by atoms with van der Waals surface area (Å²) in [5, 5.41) is 0. The van der Waals surface area contributed by atoms with E-state index in [1.54, 1.807) is 0 Å². The Bertz CT molecular complexity index is 251. The van der Waals surface area contributed by atoms with Crippen LogP contribution in [0.2, 0.25) is 0 Å². The Morgan fingerprint density at radius 2 is 1.79 bits per heavy atom. The second kappa shape index (κ2) is 5.16. The third kappa shape index (κ3) is 3.93. The average Bonchev–Trinajstić information content (AvgIpc) is 2.17. The van der Waals surface area contributed by atoms with E-state index >= 15 is 0 Å². The number of hydrogen-bond acceptors (Lipinski definition) is 1. The highest BCUT2D eigenvalue weighted by Crippen LogP contribution is 2.18. The molecule has 0 atom stereocenters. The smallest absolute Gasteiger partial charge is 0.0724 e. The van der Waals surface area contributed by atoms with E-state index in [2.05, 4.69) is 32.9 Å². The van der Waals surface area contributed by atoms with Crippen molar-refractivity contribution in [1.29, 1.82) is 0 Å². The van der Waals surface area contributed by atoms with Crippen molar-refractivity contribution in [1.82, 2.24) is 0 Å². The highest BCUT2D eigenvalue weighted by atomic mass is 16.5. The van der Waals surface area contributed by atoms with Crippen molar-refractivity contribution < 1.29 is 4.74 Å². The number of benzene rings is 1. The van der Waals surface area contributed by atoms with Gasteiger partial charge in [0.15, 0.2) is 0 Å². The van der Waals surface area contributed by atoms with Crippen LogP contribution in [0.1, 0.15) is 39.2 Å². The Kier molecular flexibility index (Phi) is 4.15. The lowest BCUT2D eigenvalue weighted by atomic mass is 10.0. The van der Waals surface area contributed by atoms with Crippen LogP contribution in [0.15, 0.2) is 30.3 Å². The van der Waals surface area contributed by atoms with Crippen LogP contribution in [0.5, 0.6) is 0 Å². The van der Waals surface area contributed by atoms with Gasteiger partial charge in [-0.05, 0) is 25.8 Å². The highest BCUT2D eigenvalue weighted by molar-refractivity contribution is 5.13. The normalized spacial score (nSPS) is 11.6. The molecule has 78 valence electrons. The van der Waals surface area contributed by atoms with Crippen LogP contribution < -0.4 is 0 Å². The fraction of sp³-hybridized carbons (Fsp3) is 0.538. The molecule has 0 radical (unpaired) electrons. The van der Waals surface area contributed by atoms with E-state index in [-0.39, 0.29) is 5.60 Å². The highest BCUT2D eigenvalue weighted by Gasteiger charge is 2.16. The molecule has 0 aliphatic carbocycles. The van der Waals surface area contributed by atoms with E-state index in [0.29, 0.717) is 6.61 Å². The van der Waals surface area contributed by atoms with Crippen molar-refractivity contribution in [2.24, 2.45) is 0 Å². The number of ether oxygens (including phenoxy) is 1. The minimum Gasteiger partial charge on any atom is -0.371 e. The van der Waals surface area contributed by atoms with Gasteiger partial charge in [-0.1, -0.05) is 43.7 Å². The second-order valence-electron chi connectivity index (χ2n) is 4.28. The Morgan fingerprint density at radius 1 is 1.14 bits per heavy atom. The van der Waals surface area contributed by atoms with Crippen LogP contribution in [0.3, 0.4) is 0 Å². The summed E-state index contributed by atoms with van der Waals surface area (Å²) in [7, 11) is 0. The first kappa shape index (κ1) is 11.3. The fourth-order valence-corrected chi connectivity index (χ4v) is 1.53. The molecule has 1 nitrogen and oxygen atoms in total. The fourth-order valence-electron chi connectivity index (χ4n) is 1.53. The van der Waals surface area contributed by atoms with E-state index < -0.39 is 0 Å². The molecule has 0 N–H and O–H groups in total. The standard InChI is InChI=1S/C13H20O/c1-4-10-13(2,3)14-11-12-8-6-5-7-9-12/h5-9H,4,10-11H2,1-3H3. The van der Waals surface area contributed by atoms with Crippen LogP contribution >= 0.6 is 0 Å². The van der Waals surface area contributed by atoms with Crippen molar-refractivity contribution in [3.05, 3.63) is 35.9 Å². The molecule has 0 amide bonds. The molecule has 0 fully saturated rings. The molecule has 0 saturated heterocycles. The van der Waals surface area contributed by atoms with Crippen LogP contribution in [0.4, 0.5) is 0 Å². The topological polar surface area (TPSA) is 9.23 Å². The minimum absolute atomic E-state index is 0.00455. The van der Waals surface area contributed by atoms with Gasteiger partial charge in [0, 0.05) is 0 Å². The summed E-state index contributed by atoms with van der Waals surface area (Å²) >= 11 is 0. The van der Waals surface area contributed by atoms with Gasteiger partial charge in [-0.3, -0.25) is 0 Å². The zero-order valence-electron chi connectivity index (χ0n) is 9.42. The maximum Gasteiger partial charge on any atom is 0.0724 e. The SMILES string of the molecule is CCCC(C)(C)OCc1ccccc1. The third-order valence-corrected chi connectivity index (χ3v) is 2.32. The molecule has 0 aliphatic heterocycles. The lowest BCUT2D eigenvalue weighted by molar-refractivity contribution is -0.0353. The average molecular weight is 192 g/mol. The summed E-state index contributed by atoms with van der Waals surface area (Å²) in [6.45, 7) is 7.21. The van der Waals surface area contributed by atoms with Gasteiger partial charge in [-0.25, -0.2) is 0 Å². The van der Waals surface area contributed by atoms with Gasteiger partial charge < -0.3 is 4.74 Å². The van der Waals surface area contributed by atoms with Crippen LogP contribution in [0, 0.1) is 0 Å². The van der Waals surface area contributed by atoms with Gasteiger partial charge in [-0.2, -0.15) is 0 Å². The second-order valence-corrected chi connectivity index (χ2v) is 4.28. The maximum absolute atomic E-state index is 5.86. The van der Waals surface area contributed by atoms with Crippen molar-refractivity contribution in [3.8, 4) is 0 Å². The predicted molar refractivity (Wildman–Crippen MR) is 60.2 cm³/mol. The van der Waals surface area contributed by atoms with Gasteiger partial charge in [-0.15, -0.1) is 0 Å². The van der Waals surface area contributed by atoms with Crippen molar-refractivity contribution in [2.45, 2.75) is 45.8 Å². The third-order valence-electron chi connectivity index (χ3n) is 2.32. The molecule has 0 aromatic heterocycles. The molecule has 14 heavy (non-hydrogen) atoms. The first-order valence-corrected chi connectivity index (χ1v) is 5.32. The van der Waals surface area contributed by atoms with E-state index in [9.17, 15) is 0 Å². The molecule has 0 bridgehead atoms. The van der Waals surface area contributed by atoms with Crippen LogP contribution in [-0.2, 0) is 11.3 Å². The first-order chi connectivity index (χ1) is 6.64. The quantitative estimate of drug-likeness (QED) is 0.689.